The van der Waals surface area contributed by atoms with E-state index in [1.165, 1.54) is 6.07 Å². The number of aromatic nitrogens is 1. The van der Waals surface area contributed by atoms with E-state index >= 15 is 0 Å². The summed E-state index contributed by atoms with van der Waals surface area (Å²) in [4.78, 5) is 26.1. The summed E-state index contributed by atoms with van der Waals surface area (Å²) in [6, 6.07) is 1.40. The molecule has 0 aliphatic heterocycles. The quantitative estimate of drug-likeness (QED) is 0.604. The molecular weight excluding hydrogens is 248 g/mol. The van der Waals surface area contributed by atoms with Gasteiger partial charge in [0.1, 0.15) is 17.6 Å². The molecule has 1 amide bonds. The molecule has 1 aromatic rings. The molecular formula is C12H18N4O3. The predicted octanol–water partition coefficient (Wildman–Crippen LogP) is 1.81. The molecule has 19 heavy (non-hydrogen) atoms. The lowest BCUT2D eigenvalue weighted by Crippen LogP contribution is -2.28. The molecule has 0 unspecified atom stereocenters. The standard InChI is InChI=1S/C12H18N4O3/c1-4-13-11-5-9(10(7-14-11)16(18)19)12(17)15-6-8(2)3/h5,7-8H,4,6H2,1-3H3,(H,13,14)(H,15,17). The largest absolute Gasteiger partial charge is 0.370 e. The molecule has 2 N–H and O–H groups in total. The second-order valence-corrected chi connectivity index (χ2v) is 4.48. The van der Waals surface area contributed by atoms with Gasteiger partial charge >= 0.3 is 0 Å². The van der Waals surface area contributed by atoms with Crippen LogP contribution in [-0.2, 0) is 0 Å². The molecule has 1 heterocycles. The number of pyridine rings is 1. The third-order valence-electron chi connectivity index (χ3n) is 2.35. The molecule has 0 bridgehead atoms. The van der Waals surface area contributed by atoms with Gasteiger partial charge in [0.15, 0.2) is 0 Å². The minimum Gasteiger partial charge on any atom is -0.370 e. The summed E-state index contributed by atoms with van der Waals surface area (Å²) in [7, 11) is 0. The molecule has 0 spiro atoms. The smallest absolute Gasteiger partial charge is 0.300 e. The van der Waals surface area contributed by atoms with Crippen molar-refractivity contribution in [3.05, 3.63) is 27.9 Å². The van der Waals surface area contributed by atoms with Crippen LogP contribution in [0.5, 0.6) is 0 Å². The molecule has 0 saturated carbocycles. The number of hydrogen-bond acceptors (Lipinski definition) is 5. The topological polar surface area (TPSA) is 97.2 Å². The van der Waals surface area contributed by atoms with Gasteiger partial charge in [0.25, 0.3) is 11.6 Å². The Morgan fingerprint density at radius 1 is 1.53 bits per heavy atom. The Morgan fingerprint density at radius 3 is 2.74 bits per heavy atom. The highest BCUT2D eigenvalue weighted by Gasteiger charge is 2.21. The zero-order valence-corrected chi connectivity index (χ0v) is 11.3. The Bertz CT molecular complexity index is 474. The number of nitro groups is 1. The number of rotatable bonds is 6. The number of nitrogens with zero attached hydrogens (tertiary/aromatic N) is 2. The molecule has 1 rings (SSSR count). The lowest BCUT2D eigenvalue weighted by atomic mass is 10.2. The first-order valence-electron chi connectivity index (χ1n) is 6.12. The highest BCUT2D eigenvalue weighted by Crippen LogP contribution is 2.20. The van der Waals surface area contributed by atoms with Gasteiger partial charge in [-0.25, -0.2) is 4.98 Å². The zero-order valence-electron chi connectivity index (χ0n) is 11.3. The van der Waals surface area contributed by atoms with E-state index in [0.29, 0.717) is 18.9 Å². The van der Waals surface area contributed by atoms with Crippen LogP contribution < -0.4 is 10.6 Å². The average Bonchev–Trinajstić information content (AvgIpc) is 2.36. The minimum absolute atomic E-state index is 0.0246. The van der Waals surface area contributed by atoms with Crippen LogP contribution in [0, 0.1) is 16.0 Å². The molecule has 1 aromatic heterocycles. The van der Waals surface area contributed by atoms with Crippen molar-refractivity contribution < 1.29 is 9.72 Å². The van der Waals surface area contributed by atoms with E-state index in [1.807, 2.05) is 20.8 Å². The minimum atomic E-state index is -0.604. The second-order valence-electron chi connectivity index (χ2n) is 4.48. The highest BCUT2D eigenvalue weighted by molar-refractivity contribution is 5.98. The Balaban J connectivity index is 3.02. The fourth-order valence-corrected chi connectivity index (χ4v) is 1.45. The number of carbonyl (C=O) groups is 1. The number of hydrogen-bond donors (Lipinski definition) is 2. The van der Waals surface area contributed by atoms with E-state index < -0.39 is 10.8 Å². The van der Waals surface area contributed by atoms with Gasteiger partial charge in [0.2, 0.25) is 0 Å². The normalized spacial score (nSPS) is 10.3. The Kier molecular flexibility index (Phi) is 5.23. The molecule has 7 heteroatoms. The Hall–Kier alpha value is -2.18. The summed E-state index contributed by atoms with van der Waals surface area (Å²) in [6.45, 7) is 6.87. The number of nitrogens with one attached hydrogen (secondary N) is 2. The molecule has 0 atom stereocenters. The van der Waals surface area contributed by atoms with E-state index in [0.717, 1.165) is 6.20 Å². The Labute approximate surface area is 111 Å². The van der Waals surface area contributed by atoms with Crippen molar-refractivity contribution in [2.24, 2.45) is 5.92 Å². The molecule has 0 saturated heterocycles. The lowest BCUT2D eigenvalue weighted by molar-refractivity contribution is -0.385. The van der Waals surface area contributed by atoms with Crippen molar-refractivity contribution >= 4 is 17.4 Å². The highest BCUT2D eigenvalue weighted by atomic mass is 16.6. The first-order chi connectivity index (χ1) is 8.95. The van der Waals surface area contributed by atoms with E-state index in [2.05, 4.69) is 15.6 Å². The van der Waals surface area contributed by atoms with Crippen LogP contribution in [0.3, 0.4) is 0 Å². The molecule has 0 aromatic carbocycles. The van der Waals surface area contributed by atoms with Crippen LogP contribution in [0.25, 0.3) is 0 Å². The summed E-state index contributed by atoms with van der Waals surface area (Å²) in [5.41, 5.74) is -0.264. The third kappa shape index (κ3) is 4.20. The fraction of sp³-hybridized carbons (Fsp3) is 0.500. The van der Waals surface area contributed by atoms with Gasteiger partial charge in [-0.05, 0) is 12.8 Å². The van der Waals surface area contributed by atoms with E-state index in [-0.39, 0.29) is 17.2 Å². The molecule has 0 radical (unpaired) electrons. The van der Waals surface area contributed by atoms with E-state index in [1.54, 1.807) is 0 Å². The first-order valence-corrected chi connectivity index (χ1v) is 6.12. The van der Waals surface area contributed by atoms with Crippen molar-refractivity contribution in [1.82, 2.24) is 10.3 Å². The van der Waals surface area contributed by atoms with Crippen LogP contribution in [-0.4, -0.2) is 28.9 Å². The van der Waals surface area contributed by atoms with Gasteiger partial charge in [-0.3, -0.25) is 14.9 Å². The van der Waals surface area contributed by atoms with Crippen LogP contribution in [0.4, 0.5) is 11.5 Å². The van der Waals surface area contributed by atoms with E-state index in [4.69, 9.17) is 0 Å². The maximum absolute atomic E-state index is 12.0. The maximum Gasteiger partial charge on any atom is 0.300 e. The SMILES string of the molecule is CCNc1cc(C(=O)NCC(C)C)c([N+](=O)[O-])cn1. The summed E-state index contributed by atoms with van der Waals surface area (Å²) in [5.74, 6) is 0.267. The van der Waals surface area contributed by atoms with Crippen LogP contribution >= 0.6 is 0 Å². The molecule has 104 valence electrons. The number of carbonyl (C=O) groups excluding carboxylic acids is 1. The van der Waals surface area contributed by atoms with Crippen LogP contribution in [0.1, 0.15) is 31.1 Å². The molecule has 0 aliphatic carbocycles. The number of amides is 1. The van der Waals surface area contributed by atoms with Crippen molar-refractivity contribution in [2.75, 3.05) is 18.4 Å². The number of anilines is 1. The Morgan fingerprint density at radius 2 is 2.21 bits per heavy atom. The average molecular weight is 266 g/mol. The van der Waals surface area contributed by atoms with Gasteiger partial charge in [-0.1, -0.05) is 13.8 Å². The predicted molar refractivity (Wildman–Crippen MR) is 72.2 cm³/mol. The molecule has 0 aliphatic rings. The monoisotopic (exact) mass is 266 g/mol. The van der Waals surface area contributed by atoms with Crippen molar-refractivity contribution in [1.29, 1.82) is 0 Å². The zero-order chi connectivity index (χ0) is 14.4. The van der Waals surface area contributed by atoms with Crippen molar-refractivity contribution in [2.45, 2.75) is 20.8 Å². The summed E-state index contributed by atoms with van der Waals surface area (Å²) in [5, 5.41) is 16.5. The molecule has 0 fully saturated rings. The van der Waals surface area contributed by atoms with Gasteiger partial charge in [-0.15, -0.1) is 0 Å². The third-order valence-corrected chi connectivity index (χ3v) is 2.35. The molecule has 7 nitrogen and oxygen atoms in total. The van der Waals surface area contributed by atoms with E-state index in [9.17, 15) is 14.9 Å². The second kappa shape index (κ2) is 6.67. The fourth-order valence-electron chi connectivity index (χ4n) is 1.45. The van der Waals surface area contributed by atoms with Crippen LogP contribution in [0.2, 0.25) is 0 Å². The van der Waals surface area contributed by atoms with Crippen molar-refractivity contribution in [3.8, 4) is 0 Å². The van der Waals surface area contributed by atoms with Gasteiger partial charge in [0, 0.05) is 19.2 Å². The van der Waals surface area contributed by atoms with Crippen molar-refractivity contribution in [3.63, 3.8) is 0 Å². The maximum atomic E-state index is 12.0. The summed E-state index contributed by atoms with van der Waals surface area (Å²) < 4.78 is 0. The summed E-state index contributed by atoms with van der Waals surface area (Å²) in [6.07, 6.45) is 1.10. The van der Waals surface area contributed by atoms with Crippen LogP contribution in [0.15, 0.2) is 12.3 Å². The van der Waals surface area contributed by atoms with Gasteiger partial charge in [-0.2, -0.15) is 0 Å². The van der Waals surface area contributed by atoms with Gasteiger partial charge < -0.3 is 10.6 Å². The summed E-state index contributed by atoms with van der Waals surface area (Å²) >= 11 is 0. The lowest BCUT2D eigenvalue weighted by Gasteiger charge is -2.09. The first kappa shape index (κ1) is 14.9. The van der Waals surface area contributed by atoms with Gasteiger partial charge in [0.05, 0.1) is 4.92 Å².